The Kier molecular flexibility index (Phi) is 5.96. The van der Waals surface area contributed by atoms with Crippen LogP contribution in [0.25, 0.3) is 0 Å². The van der Waals surface area contributed by atoms with Crippen LogP contribution in [0.1, 0.15) is 36.7 Å². The van der Waals surface area contributed by atoms with E-state index in [1.54, 1.807) is 6.92 Å². The summed E-state index contributed by atoms with van der Waals surface area (Å²) in [6, 6.07) is 7.87. The van der Waals surface area contributed by atoms with Gasteiger partial charge in [-0.25, -0.2) is 4.98 Å². The summed E-state index contributed by atoms with van der Waals surface area (Å²) in [6.45, 7) is 6.05. The van der Waals surface area contributed by atoms with Gasteiger partial charge in [0, 0.05) is 14.1 Å². The van der Waals surface area contributed by atoms with E-state index in [-0.39, 0.29) is 12.4 Å². The third-order valence-corrected chi connectivity index (χ3v) is 3.77. The van der Waals surface area contributed by atoms with Crippen molar-refractivity contribution in [2.75, 3.05) is 26.1 Å². The molecule has 0 bridgehead atoms. The summed E-state index contributed by atoms with van der Waals surface area (Å²) in [4.78, 5) is 22.5. The van der Waals surface area contributed by atoms with Gasteiger partial charge in [-0.15, -0.1) is 0 Å². The van der Waals surface area contributed by atoms with Gasteiger partial charge in [0.2, 0.25) is 5.88 Å². The molecule has 0 saturated carbocycles. The molecular formula is C19H25N3O3. The highest BCUT2D eigenvalue weighted by molar-refractivity contribution is 5.75. The summed E-state index contributed by atoms with van der Waals surface area (Å²) in [5.74, 6) is 2.31. The first-order chi connectivity index (χ1) is 11.8. The highest BCUT2D eigenvalue weighted by Crippen LogP contribution is 2.31. The molecule has 0 saturated heterocycles. The number of benzene rings is 1. The van der Waals surface area contributed by atoms with Crippen LogP contribution in [0.5, 0.6) is 11.6 Å². The van der Waals surface area contributed by atoms with E-state index in [2.05, 4.69) is 29.9 Å². The Bertz CT molecular complexity index is 758. The zero-order valence-electron chi connectivity index (χ0n) is 15.7. The molecule has 2 rings (SSSR count). The van der Waals surface area contributed by atoms with Crippen molar-refractivity contribution in [3.05, 3.63) is 41.2 Å². The number of anilines is 1. The highest BCUT2D eigenvalue weighted by atomic mass is 16.5. The molecule has 134 valence electrons. The molecule has 0 aliphatic heterocycles. The monoisotopic (exact) mass is 343 g/mol. The van der Waals surface area contributed by atoms with Gasteiger partial charge in [0.25, 0.3) is 0 Å². The summed E-state index contributed by atoms with van der Waals surface area (Å²) in [5.41, 5.74) is 1.78. The van der Waals surface area contributed by atoms with Gasteiger partial charge in [-0.3, -0.25) is 4.79 Å². The predicted molar refractivity (Wildman–Crippen MR) is 97.4 cm³/mol. The van der Waals surface area contributed by atoms with Crippen molar-refractivity contribution < 1.29 is 14.3 Å². The van der Waals surface area contributed by atoms with Gasteiger partial charge in [-0.2, -0.15) is 4.98 Å². The number of ether oxygens (including phenoxy) is 2. The molecule has 1 heterocycles. The zero-order valence-corrected chi connectivity index (χ0v) is 15.7. The van der Waals surface area contributed by atoms with Crippen LogP contribution in [0.2, 0.25) is 0 Å². The molecule has 0 N–H and O–H groups in total. The molecule has 0 amide bonds. The number of hydrogen-bond acceptors (Lipinski definition) is 6. The number of aromatic nitrogens is 2. The first kappa shape index (κ1) is 18.7. The number of hydrogen-bond donors (Lipinski definition) is 0. The minimum Gasteiger partial charge on any atom is -0.469 e. The third kappa shape index (κ3) is 4.68. The second kappa shape index (κ2) is 7.96. The molecule has 6 nitrogen and oxygen atoms in total. The van der Waals surface area contributed by atoms with E-state index in [0.717, 1.165) is 0 Å². The molecule has 0 unspecified atom stereocenters. The number of carbonyl (C=O) groups is 1. The lowest BCUT2D eigenvalue weighted by atomic mass is 10.0. The smallest absolute Gasteiger partial charge is 0.310 e. The van der Waals surface area contributed by atoms with Gasteiger partial charge in [-0.05, 0) is 30.5 Å². The molecule has 2 aromatic rings. The number of aryl methyl sites for hydroxylation is 1. The zero-order chi connectivity index (χ0) is 18.6. The summed E-state index contributed by atoms with van der Waals surface area (Å²) >= 11 is 0. The van der Waals surface area contributed by atoms with E-state index in [1.165, 1.54) is 12.7 Å². The van der Waals surface area contributed by atoms with E-state index >= 15 is 0 Å². The van der Waals surface area contributed by atoms with Crippen molar-refractivity contribution in [2.45, 2.75) is 33.1 Å². The Balaban J connectivity index is 2.48. The highest BCUT2D eigenvalue weighted by Gasteiger charge is 2.20. The molecule has 1 aromatic heterocycles. The Hall–Kier alpha value is -2.63. The molecule has 0 radical (unpaired) electrons. The van der Waals surface area contributed by atoms with Crippen LogP contribution in [0.4, 0.5) is 5.82 Å². The Labute approximate surface area is 148 Å². The fourth-order valence-electron chi connectivity index (χ4n) is 2.43. The fraction of sp³-hybridized carbons (Fsp3) is 0.421. The molecule has 25 heavy (non-hydrogen) atoms. The standard InChI is InChI=1S/C19H25N3O3/c1-12(2)14-8-7-9-15(10-14)25-19-16(11-17(23)24-6)18(22(4)5)20-13(3)21-19/h7-10,12H,11H2,1-6H3. The van der Waals surface area contributed by atoms with Crippen molar-refractivity contribution in [2.24, 2.45) is 0 Å². The lowest BCUT2D eigenvalue weighted by Crippen LogP contribution is -2.18. The second-order valence-corrected chi connectivity index (χ2v) is 6.35. The number of nitrogens with zero attached hydrogens (tertiary/aromatic N) is 3. The predicted octanol–water partition coefficient (Wildman–Crippen LogP) is 3.48. The first-order valence-electron chi connectivity index (χ1n) is 8.21. The maximum atomic E-state index is 11.8. The lowest BCUT2D eigenvalue weighted by Gasteiger charge is -2.19. The van der Waals surface area contributed by atoms with Crippen molar-refractivity contribution in [3.63, 3.8) is 0 Å². The Morgan fingerprint density at radius 1 is 1.24 bits per heavy atom. The fourth-order valence-corrected chi connectivity index (χ4v) is 2.43. The average molecular weight is 343 g/mol. The quantitative estimate of drug-likeness (QED) is 0.748. The number of methoxy groups -OCH3 is 1. The van der Waals surface area contributed by atoms with Gasteiger partial charge in [0.15, 0.2) is 0 Å². The number of esters is 1. The van der Waals surface area contributed by atoms with Crippen LogP contribution in [0.15, 0.2) is 24.3 Å². The van der Waals surface area contributed by atoms with E-state index in [4.69, 9.17) is 9.47 Å². The molecule has 0 fully saturated rings. The van der Waals surface area contributed by atoms with Crippen LogP contribution in [-0.2, 0) is 16.0 Å². The molecule has 1 aromatic carbocycles. The van der Waals surface area contributed by atoms with Gasteiger partial charge in [0.1, 0.15) is 17.4 Å². The normalized spacial score (nSPS) is 10.7. The van der Waals surface area contributed by atoms with Crippen LogP contribution in [0, 0.1) is 6.92 Å². The van der Waals surface area contributed by atoms with E-state index in [1.807, 2.05) is 37.2 Å². The summed E-state index contributed by atoms with van der Waals surface area (Å²) in [6.07, 6.45) is 0.0451. The number of carbonyl (C=O) groups excluding carboxylic acids is 1. The minimum atomic E-state index is -0.365. The summed E-state index contributed by atoms with van der Waals surface area (Å²) in [7, 11) is 5.09. The molecule has 0 spiro atoms. The summed E-state index contributed by atoms with van der Waals surface area (Å²) in [5, 5.41) is 0. The van der Waals surface area contributed by atoms with Crippen LogP contribution in [-0.4, -0.2) is 37.1 Å². The van der Waals surface area contributed by atoms with Crippen molar-refractivity contribution >= 4 is 11.8 Å². The largest absolute Gasteiger partial charge is 0.469 e. The van der Waals surface area contributed by atoms with E-state index < -0.39 is 0 Å². The van der Waals surface area contributed by atoms with E-state index in [0.29, 0.717) is 34.8 Å². The van der Waals surface area contributed by atoms with Gasteiger partial charge < -0.3 is 14.4 Å². The minimum absolute atomic E-state index is 0.0451. The first-order valence-corrected chi connectivity index (χ1v) is 8.21. The van der Waals surface area contributed by atoms with Crippen molar-refractivity contribution in [1.29, 1.82) is 0 Å². The number of rotatable bonds is 6. The molecule has 6 heteroatoms. The molecule has 0 atom stereocenters. The van der Waals surface area contributed by atoms with Crippen molar-refractivity contribution in [1.82, 2.24) is 9.97 Å². The summed E-state index contributed by atoms with van der Waals surface area (Å²) < 4.78 is 10.8. The van der Waals surface area contributed by atoms with Gasteiger partial charge in [-0.1, -0.05) is 26.0 Å². The molecule has 0 aliphatic carbocycles. The maximum absolute atomic E-state index is 11.8. The topological polar surface area (TPSA) is 64.5 Å². The third-order valence-electron chi connectivity index (χ3n) is 3.77. The van der Waals surface area contributed by atoms with Crippen LogP contribution < -0.4 is 9.64 Å². The maximum Gasteiger partial charge on any atom is 0.310 e. The lowest BCUT2D eigenvalue weighted by molar-refractivity contribution is -0.139. The Morgan fingerprint density at radius 3 is 2.56 bits per heavy atom. The van der Waals surface area contributed by atoms with Crippen molar-refractivity contribution in [3.8, 4) is 11.6 Å². The molecule has 0 aliphatic rings. The molecular weight excluding hydrogens is 318 g/mol. The average Bonchev–Trinajstić information content (AvgIpc) is 2.56. The van der Waals surface area contributed by atoms with Crippen LogP contribution in [0.3, 0.4) is 0 Å². The van der Waals surface area contributed by atoms with Crippen LogP contribution >= 0.6 is 0 Å². The SMILES string of the molecule is COC(=O)Cc1c(Oc2cccc(C(C)C)c2)nc(C)nc1N(C)C. The second-order valence-electron chi connectivity index (χ2n) is 6.35. The van der Waals surface area contributed by atoms with Gasteiger partial charge in [0.05, 0.1) is 19.1 Å². The van der Waals surface area contributed by atoms with E-state index in [9.17, 15) is 4.79 Å². The Morgan fingerprint density at radius 2 is 1.96 bits per heavy atom. The van der Waals surface area contributed by atoms with Gasteiger partial charge >= 0.3 is 5.97 Å².